The van der Waals surface area contributed by atoms with Gasteiger partial charge in [-0.1, -0.05) is 113 Å². The molecule has 0 amide bonds. The third-order valence-corrected chi connectivity index (χ3v) is 26.3. The number of fused-ring (bicyclic) bond motifs is 7. The number of anilines is 4. The van der Waals surface area contributed by atoms with Gasteiger partial charge in [0.05, 0.1) is 34.2 Å². The number of nitrogens with zero attached hydrogens (tertiary/aromatic N) is 9. The zero-order valence-corrected chi connectivity index (χ0v) is 65.8. The van der Waals surface area contributed by atoms with E-state index in [0.29, 0.717) is 77.2 Å². The van der Waals surface area contributed by atoms with Crippen molar-refractivity contribution in [1.82, 2.24) is 22.5 Å². The van der Waals surface area contributed by atoms with Gasteiger partial charge in [-0.2, -0.15) is 17.5 Å². The summed E-state index contributed by atoms with van der Waals surface area (Å²) in [7, 11) is 1.61. The highest BCUT2D eigenvalue weighted by Crippen LogP contribution is 2.49. The lowest BCUT2D eigenvalue weighted by Crippen LogP contribution is -2.36. The van der Waals surface area contributed by atoms with Crippen molar-refractivity contribution in [3.05, 3.63) is 193 Å². The van der Waals surface area contributed by atoms with Crippen LogP contribution in [0.3, 0.4) is 0 Å². The first-order chi connectivity index (χ1) is 52.1. The van der Waals surface area contributed by atoms with Crippen LogP contribution in [0.2, 0.25) is 20.1 Å². The molecule has 0 radical (unpaired) electrons. The third-order valence-electron chi connectivity index (χ3n) is 21.4. The van der Waals surface area contributed by atoms with Gasteiger partial charge < -0.3 is 29.3 Å². The second-order valence-electron chi connectivity index (χ2n) is 28.2. The molecule has 0 spiro atoms. The van der Waals surface area contributed by atoms with Crippen molar-refractivity contribution in [2.45, 2.75) is 110 Å². The zero-order valence-electron chi connectivity index (χ0n) is 59.5. The van der Waals surface area contributed by atoms with E-state index in [1.54, 1.807) is 13.2 Å². The summed E-state index contributed by atoms with van der Waals surface area (Å²) in [5.74, 6) is -0.613. The van der Waals surface area contributed by atoms with Gasteiger partial charge in [-0.3, -0.25) is 4.99 Å². The van der Waals surface area contributed by atoms with Crippen LogP contribution in [0.15, 0.2) is 133 Å². The molecule has 14 aromatic rings. The molecule has 10 heterocycles. The molecule has 0 saturated carbocycles. The lowest BCUT2D eigenvalue weighted by atomic mass is 9.91. The van der Waals surface area contributed by atoms with E-state index in [1.165, 1.54) is 109 Å². The van der Waals surface area contributed by atoms with Crippen molar-refractivity contribution >= 4 is 184 Å². The Morgan fingerprint density at radius 3 is 1.60 bits per heavy atom. The fraction of sp³-hybridized carbons (Fsp3) is 0.298. The van der Waals surface area contributed by atoms with Crippen molar-refractivity contribution in [2.24, 2.45) is 4.99 Å². The Bertz CT molecular complexity index is 5720. The number of aryl methyl sites for hydroxylation is 2. The second kappa shape index (κ2) is 31.5. The molecular formula is C84H76Cl4F4N10OS4. The predicted molar refractivity (Wildman–Crippen MR) is 446 cm³/mol. The van der Waals surface area contributed by atoms with Crippen molar-refractivity contribution in [2.75, 3.05) is 72.5 Å². The normalized spacial score (nSPS) is 16.0. The summed E-state index contributed by atoms with van der Waals surface area (Å²) in [6.07, 6.45) is 18.1. The third kappa shape index (κ3) is 14.1. The Hall–Kier alpha value is -8.11. The first-order valence-electron chi connectivity index (χ1n) is 36.6. The molecule has 107 heavy (non-hydrogen) atoms. The van der Waals surface area contributed by atoms with E-state index >= 15 is 13.2 Å². The summed E-state index contributed by atoms with van der Waals surface area (Å²) in [6.45, 7) is 13.9. The summed E-state index contributed by atoms with van der Waals surface area (Å²) < 4.78 is 84.7. The maximum Gasteiger partial charge on any atom is 0.159 e. The number of hydrogen-bond acceptors (Lipinski definition) is 14. The van der Waals surface area contributed by atoms with E-state index in [4.69, 9.17) is 51.1 Å². The van der Waals surface area contributed by atoms with Gasteiger partial charge in [-0.15, -0.1) is 0 Å². The van der Waals surface area contributed by atoms with E-state index in [0.717, 1.165) is 180 Å². The average molecular weight is 1590 g/mol. The average Bonchev–Trinajstić information content (AvgIpc) is 1.74. The molecule has 5 aromatic heterocycles. The molecule has 9 aromatic carbocycles. The number of methoxy groups -OCH3 is 1. The highest BCUT2D eigenvalue weighted by atomic mass is 35.5. The fourth-order valence-corrected chi connectivity index (χ4v) is 20.8. The summed E-state index contributed by atoms with van der Waals surface area (Å²) in [6, 6.07) is 38.6. The Labute approximate surface area is 655 Å². The minimum atomic E-state index is -0.370. The van der Waals surface area contributed by atoms with Crippen LogP contribution in [-0.2, 0) is 6.54 Å². The van der Waals surface area contributed by atoms with Crippen LogP contribution in [0.4, 0.5) is 37.6 Å². The fourth-order valence-electron chi connectivity index (χ4n) is 15.9. The number of nitrogens with one attached hydrogen (secondary N) is 1. The van der Waals surface area contributed by atoms with Gasteiger partial charge in [0.1, 0.15) is 48.1 Å². The van der Waals surface area contributed by atoms with Crippen LogP contribution in [0.25, 0.3) is 110 Å². The lowest BCUT2D eigenvalue weighted by Gasteiger charge is -2.34. The van der Waals surface area contributed by atoms with Crippen molar-refractivity contribution in [3.8, 4) is 50.3 Å². The number of para-hydroxylation sites is 1. The summed E-state index contributed by atoms with van der Waals surface area (Å²) >= 11 is 32.1. The number of aromatic amines is 1. The summed E-state index contributed by atoms with van der Waals surface area (Å²) in [5, 5.41) is 12.5. The van der Waals surface area contributed by atoms with Crippen LogP contribution in [-0.4, -0.2) is 87.7 Å². The molecule has 4 saturated heterocycles. The molecular weight excluding hydrogens is 1510 g/mol. The molecule has 4 fully saturated rings. The van der Waals surface area contributed by atoms with E-state index in [1.807, 2.05) is 129 Å². The van der Waals surface area contributed by atoms with E-state index in [2.05, 4.69) is 60.1 Å². The van der Waals surface area contributed by atoms with E-state index in [9.17, 15) is 4.39 Å². The van der Waals surface area contributed by atoms with E-state index < -0.39 is 0 Å². The summed E-state index contributed by atoms with van der Waals surface area (Å²) in [5.41, 5.74) is 11.9. The van der Waals surface area contributed by atoms with Gasteiger partial charge in [0.2, 0.25) is 0 Å². The summed E-state index contributed by atoms with van der Waals surface area (Å²) in [4.78, 5) is 16.9. The van der Waals surface area contributed by atoms with Gasteiger partial charge in [0.25, 0.3) is 0 Å². The SMILES string of the molecule is COc1cc(-c2c(Cl)cc3c(N4CCCCC4)snc3c2F)c2ccccc2c1.Cc1ccc2c(c1-c1c(Cl)cc3c(N4CCCC[C@@H]4C)snc3c1F)C=NC2.Cc1cccc(F)c1-c1cc2nsc(N3CCCCC3)c2cc1Cl.Fc1c(-c2c[nH]c3ccccc23)c(Cl)cc2c(N3CCCCC3)snc12. The lowest BCUT2D eigenvalue weighted by molar-refractivity contribution is 0.415. The number of aliphatic imine (C=N–C) groups is 1. The zero-order chi connectivity index (χ0) is 73.7. The van der Waals surface area contributed by atoms with Crippen LogP contribution < -0.4 is 24.3 Å². The molecule has 19 rings (SSSR count). The molecule has 5 aliphatic rings. The minimum Gasteiger partial charge on any atom is -0.497 e. The number of rotatable bonds is 9. The maximum absolute atomic E-state index is 15.8. The van der Waals surface area contributed by atoms with Gasteiger partial charge >= 0.3 is 0 Å². The van der Waals surface area contributed by atoms with Crippen LogP contribution >= 0.6 is 92.5 Å². The highest BCUT2D eigenvalue weighted by molar-refractivity contribution is 7.13. The maximum atomic E-state index is 15.8. The Morgan fingerprint density at radius 1 is 0.458 bits per heavy atom. The first kappa shape index (κ1) is 73.1. The molecule has 23 heteroatoms. The second-order valence-corrected chi connectivity index (χ2v) is 32.8. The standard InChI is InChI=1S/C23H20ClFN2OS.C22H21ClFN3S.C20H17ClFN3S.C19H18ClFN2S/c1-28-15-11-14-7-3-4-8-16(14)17(12-15)20-19(24)13-18-22(21(20)25)26-29-23(18)27-9-5-2-6-10-27;1-12-6-7-14-10-25-11-16(14)18(12)19-17(23)9-15-21(20(19)24)26-28-22(15)27-8-4-3-5-13(27)2;21-15-10-13-19(24-26-20(13)25-8-4-1-5-9-25)18(22)17(15)14-11-23-16-7-3-2-6-12(14)16;1-12-6-5-7-16(21)18(12)13-11-17-14(10-15(13)20)19(24-22-17)23-8-3-2-4-9-23/h3-4,7-8,11-13H,2,5-6,9-10H2,1H3;6-7,9,11,13H,3-5,8,10H2,1-2H3;2-3,6-7,10-11,23H,1,4-5,8-9H2;5-7,10-11H,2-4,8-9H2,1H3/t;13-;;/m.0../s1. The van der Waals surface area contributed by atoms with Gasteiger partial charge in [-0.05, 0) is 237 Å². The van der Waals surface area contributed by atoms with Crippen LogP contribution in [0.5, 0.6) is 5.75 Å². The quantitative estimate of drug-likeness (QED) is 0.142. The van der Waals surface area contributed by atoms with Gasteiger partial charge in [0, 0.05) is 141 Å². The molecule has 1 atom stereocenters. The monoisotopic (exact) mass is 1580 g/mol. The van der Waals surface area contributed by atoms with Gasteiger partial charge in [-0.25, -0.2) is 17.6 Å². The van der Waals surface area contributed by atoms with Crippen LogP contribution in [0, 0.1) is 37.1 Å². The molecule has 5 aliphatic heterocycles. The topological polar surface area (TPSA) is 102 Å². The predicted octanol–water partition coefficient (Wildman–Crippen LogP) is 25.6. The minimum absolute atomic E-state index is 0.247. The van der Waals surface area contributed by atoms with Crippen LogP contribution in [0.1, 0.15) is 106 Å². The van der Waals surface area contributed by atoms with Crippen molar-refractivity contribution < 1.29 is 22.3 Å². The van der Waals surface area contributed by atoms with E-state index in [-0.39, 0.29) is 23.3 Å². The Balaban J connectivity index is 0.000000109. The van der Waals surface area contributed by atoms with Crippen molar-refractivity contribution in [3.63, 3.8) is 0 Å². The molecule has 0 aliphatic carbocycles. The number of aromatic nitrogens is 5. The number of H-pyrrole nitrogens is 1. The Kier molecular flexibility index (Phi) is 21.5. The molecule has 0 unspecified atom stereocenters. The Morgan fingerprint density at radius 2 is 0.981 bits per heavy atom. The number of ether oxygens (including phenoxy) is 1. The number of halogens is 8. The molecule has 0 bridgehead atoms. The molecule has 11 nitrogen and oxygen atoms in total. The number of benzene rings is 9. The first-order valence-corrected chi connectivity index (χ1v) is 41.2. The van der Waals surface area contributed by atoms with Crippen molar-refractivity contribution in [1.29, 1.82) is 0 Å². The highest BCUT2D eigenvalue weighted by Gasteiger charge is 2.31. The largest absolute Gasteiger partial charge is 0.497 e. The molecule has 548 valence electrons. The molecule has 1 N–H and O–H groups in total. The number of piperidine rings is 4. The smallest absolute Gasteiger partial charge is 0.159 e. The number of hydrogen-bond donors (Lipinski definition) is 1. The van der Waals surface area contributed by atoms with Gasteiger partial charge in [0.15, 0.2) is 17.5 Å².